The number of para-hydroxylation sites is 1. The first kappa shape index (κ1) is 15.9. The molecule has 0 aliphatic rings. The molecule has 3 nitrogen and oxygen atoms in total. The molecule has 0 aliphatic heterocycles. The molecule has 4 heteroatoms. The van der Waals surface area contributed by atoms with Gasteiger partial charge in [0, 0.05) is 10.0 Å². The minimum atomic E-state index is -0.275. The van der Waals surface area contributed by atoms with E-state index in [1.54, 1.807) is 7.11 Å². The van der Waals surface area contributed by atoms with Crippen molar-refractivity contribution in [1.29, 1.82) is 0 Å². The Balaban J connectivity index is 2.37. The molecule has 0 bridgehead atoms. The molecule has 21 heavy (non-hydrogen) atoms. The molecule has 2 aromatic carbocycles. The predicted molar refractivity (Wildman–Crippen MR) is 89.0 cm³/mol. The lowest BCUT2D eigenvalue weighted by Crippen LogP contribution is -2.14. The van der Waals surface area contributed by atoms with Crippen molar-refractivity contribution < 1.29 is 9.47 Å². The van der Waals surface area contributed by atoms with Gasteiger partial charge in [-0.15, -0.1) is 0 Å². The molecule has 1 unspecified atom stereocenters. The highest BCUT2D eigenvalue weighted by Gasteiger charge is 2.17. The Morgan fingerprint density at radius 2 is 1.90 bits per heavy atom. The minimum Gasteiger partial charge on any atom is -0.497 e. The number of rotatable bonds is 6. The van der Waals surface area contributed by atoms with Crippen LogP contribution in [0.15, 0.2) is 46.9 Å². The fraction of sp³-hybridized carbons (Fsp3) is 0.294. The Labute approximate surface area is 134 Å². The van der Waals surface area contributed by atoms with E-state index in [4.69, 9.17) is 15.2 Å². The van der Waals surface area contributed by atoms with Gasteiger partial charge in [0.05, 0.1) is 19.8 Å². The standard InChI is InChI=1S/C17H20BrNO2/c1-3-10-21-16-7-5-4-6-13(16)17(19)14-11-12(20-2)8-9-15(14)18/h4-9,11,17H,3,10,19H2,1-2H3. The third-order valence-electron chi connectivity index (χ3n) is 3.25. The van der Waals surface area contributed by atoms with Crippen molar-refractivity contribution in [2.24, 2.45) is 5.73 Å². The van der Waals surface area contributed by atoms with E-state index in [9.17, 15) is 0 Å². The highest BCUT2D eigenvalue weighted by molar-refractivity contribution is 9.10. The van der Waals surface area contributed by atoms with Crippen molar-refractivity contribution in [2.75, 3.05) is 13.7 Å². The van der Waals surface area contributed by atoms with Gasteiger partial charge in [0.25, 0.3) is 0 Å². The molecule has 0 heterocycles. The van der Waals surface area contributed by atoms with Gasteiger partial charge in [-0.1, -0.05) is 41.1 Å². The lowest BCUT2D eigenvalue weighted by molar-refractivity contribution is 0.313. The van der Waals surface area contributed by atoms with Gasteiger partial charge in [-0.2, -0.15) is 0 Å². The smallest absolute Gasteiger partial charge is 0.124 e. The Kier molecular flexibility index (Phi) is 5.65. The van der Waals surface area contributed by atoms with Crippen LogP contribution < -0.4 is 15.2 Å². The maximum atomic E-state index is 6.45. The second-order valence-corrected chi connectivity index (χ2v) is 5.61. The van der Waals surface area contributed by atoms with Gasteiger partial charge in [-0.3, -0.25) is 0 Å². The number of benzene rings is 2. The van der Waals surface area contributed by atoms with Crippen molar-refractivity contribution in [2.45, 2.75) is 19.4 Å². The number of ether oxygens (including phenoxy) is 2. The summed E-state index contributed by atoms with van der Waals surface area (Å²) in [5.74, 6) is 1.62. The SMILES string of the molecule is CCCOc1ccccc1C(N)c1cc(OC)ccc1Br. The maximum absolute atomic E-state index is 6.45. The molecule has 0 spiro atoms. The van der Waals surface area contributed by atoms with Gasteiger partial charge in [0.2, 0.25) is 0 Å². The highest BCUT2D eigenvalue weighted by Crippen LogP contribution is 2.34. The number of hydrogen-bond donors (Lipinski definition) is 1. The predicted octanol–water partition coefficient (Wildman–Crippen LogP) is 4.29. The van der Waals surface area contributed by atoms with Gasteiger partial charge in [-0.25, -0.2) is 0 Å². The molecule has 0 saturated carbocycles. The molecule has 2 aromatic rings. The average molecular weight is 350 g/mol. The molecule has 2 N–H and O–H groups in total. The molecule has 0 aliphatic carbocycles. The van der Waals surface area contributed by atoms with Crippen LogP contribution in [0.1, 0.15) is 30.5 Å². The van der Waals surface area contributed by atoms with Gasteiger partial charge < -0.3 is 15.2 Å². The normalized spacial score (nSPS) is 12.0. The van der Waals surface area contributed by atoms with E-state index in [-0.39, 0.29) is 6.04 Å². The monoisotopic (exact) mass is 349 g/mol. The van der Waals surface area contributed by atoms with E-state index in [2.05, 4.69) is 22.9 Å². The van der Waals surface area contributed by atoms with E-state index in [0.717, 1.165) is 33.5 Å². The van der Waals surface area contributed by atoms with Gasteiger partial charge in [-0.05, 0) is 36.2 Å². The van der Waals surface area contributed by atoms with Crippen molar-refractivity contribution in [3.05, 3.63) is 58.1 Å². The molecule has 0 saturated heterocycles. The van der Waals surface area contributed by atoms with Crippen LogP contribution in [0.25, 0.3) is 0 Å². The van der Waals surface area contributed by atoms with Crippen LogP contribution in [-0.2, 0) is 0 Å². The molecule has 112 valence electrons. The van der Waals surface area contributed by atoms with Crippen molar-refractivity contribution in [1.82, 2.24) is 0 Å². The summed E-state index contributed by atoms with van der Waals surface area (Å²) in [5.41, 5.74) is 8.39. The number of halogens is 1. The quantitative estimate of drug-likeness (QED) is 0.845. The second kappa shape index (κ2) is 7.48. The molecule has 0 aromatic heterocycles. The largest absolute Gasteiger partial charge is 0.497 e. The van der Waals surface area contributed by atoms with Crippen molar-refractivity contribution >= 4 is 15.9 Å². The summed E-state index contributed by atoms with van der Waals surface area (Å²) >= 11 is 3.56. The Morgan fingerprint density at radius 3 is 2.62 bits per heavy atom. The molecular weight excluding hydrogens is 330 g/mol. The second-order valence-electron chi connectivity index (χ2n) is 4.75. The van der Waals surface area contributed by atoms with E-state index >= 15 is 0 Å². The van der Waals surface area contributed by atoms with Crippen molar-refractivity contribution in [3.8, 4) is 11.5 Å². The van der Waals surface area contributed by atoms with Crippen LogP contribution in [0.4, 0.5) is 0 Å². The van der Waals surface area contributed by atoms with E-state index in [1.165, 1.54) is 0 Å². The summed E-state index contributed by atoms with van der Waals surface area (Å²) in [6, 6.07) is 13.4. The number of hydrogen-bond acceptors (Lipinski definition) is 3. The van der Waals surface area contributed by atoms with Gasteiger partial charge in [0.1, 0.15) is 11.5 Å². The lowest BCUT2D eigenvalue weighted by Gasteiger charge is -2.19. The zero-order chi connectivity index (χ0) is 15.2. The van der Waals surface area contributed by atoms with Crippen LogP contribution in [0.3, 0.4) is 0 Å². The molecular formula is C17H20BrNO2. The lowest BCUT2D eigenvalue weighted by atomic mass is 9.98. The van der Waals surface area contributed by atoms with Gasteiger partial charge >= 0.3 is 0 Å². The highest BCUT2D eigenvalue weighted by atomic mass is 79.9. The minimum absolute atomic E-state index is 0.275. The van der Waals surface area contributed by atoms with Crippen LogP contribution in [-0.4, -0.2) is 13.7 Å². The molecule has 0 fully saturated rings. The number of methoxy groups -OCH3 is 1. The van der Waals surface area contributed by atoms with Crippen LogP contribution in [0.5, 0.6) is 11.5 Å². The number of nitrogens with two attached hydrogens (primary N) is 1. The van der Waals surface area contributed by atoms with Crippen LogP contribution in [0, 0.1) is 0 Å². The third-order valence-corrected chi connectivity index (χ3v) is 3.98. The van der Waals surface area contributed by atoms with E-state index in [0.29, 0.717) is 6.61 Å². The fourth-order valence-electron chi connectivity index (χ4n) is 2.14. The first-order chi connectivity index (χ1) is 10.2. The average Bonchev–Trinajstić information content (AvgIpc) is 2.53. The summed E-state index contributed by atoms with van der Waals surface area (Å²) in [4.78, 5) is 0. The summed E-state index contributed by atoms with van der Waals surface area (Å²) < 4.78 is 12.0. The van der Waals surface area contributed by atoms with Crippen LogP contribution >= 0.6 is 15.9 Å². The Bertz CT molecular complexity index is 601. The summed E-state index contributed by atoms with van der Waals surface area (Å²) in [5, 5.41) is 0. The Hall–Kier alpha value is -1.52. The summed E-state index contributed by atoms with van der Waals surface area (Å²) in [6.07, 6.45) is 0.965. The van der Waals surface area contributed by atoms with Gasteiger partial charge in [0.15, 0.2) is 0 Å². The first-order valence-electron chi connectivity index (χ1n) is 6.98. The zero-order valence-electron chi connectivity index (χ0n) is 12.3. The summed E-state index contributed by atoms with van der Waals surface area (Å²) in [7, 11) is 1.65. The molecule has 0 amide bonds. The van der Waals surface area contributed by atoms with Crippen LogP contribution in [0.2, 0.25) is 0 Å². The molecule has 2 rings (SSSR count). The van der Waals surface area contributed by atoms with Crippen molar-refractivity contribution in [3.63, 3.8) is 0 Å². The fourth-order valence-corrected chi connectivity index (χ4v) is 2.63. The van der Waals surface area contributed by atoms with E-state index in [1.807, 2.05) is 42.5 Å². The summed E-state index contributed by atoms with van der Waals surface area (Å²) in [6.45, 7) is 2.77. The topological polar surface area (TPSA) is 44.5 Å². The first-order valence-corrected chi connectivity index (χ1v) is 7.77. The Morgan fingerprint density at radius 1 is 1.14 bits per heavy atom. The molecule has 1 atom stereocenters. The van der Waals surface area contributed by atoms with E-state index < -0.39 is 0 Å². The molecule has 0 radical (unpaired) electrons. The zero-order valence-corrected chi connectivity index (χ0v) is 13.9. The third kappa shape index (κ3) is 3.77. The maximum Gasteiger partial charge on any atom is 0.124 e.